The van der Waals surface area contributed by atoms with E-state index in [0.29, 0.717) is 53.9 Å². The number of nitrogens with one attached hydrogen (secondary N) is 3. The molecule has 8 rings (SSSR count). The summed E-state index contributed by atoms with van der Waals surface area (Å²) in [5.41, 5.74) is -0.356. The number of methoxy groups -OCH3 is 1. The lowest BCUT2D eigenvalue weighted by atomic mass is 10.0. The third-order valence-electron chi connectivity index (χ3n) is 11.3. The largest absolute Gasteiger partial charge is 0.497 e. The smallest absolute Gasteiger partial charge is 0.408 e. The summed E-state index contributed by atoms with van der Waals surface area (Å²) < 4.78 is 51.9. The molecule has 4 heterocycles. The van der Waals surface area contributed by atoms with Crippen molar-refractivity contribution in [1.82, 2.24) is 30.2 Å². The number of hydrogen-bond donors (Lipinski definition) is 3. The molecular weight excluding hydrogens is 793 g/mol. The highest BCUT2D eigenvalue weighted by Gasteiger charge is 2.62. The van der Waals surface area contributed by atoms with Crippen molar-refractivity contribution in [2.45, 2.75) is 113 Å². The summed E-state index contributed by atoms with van der Waals surface area (Å²) >= 11 is 0. The Morgan fingerprint density at radius 3 is 2.50 bits per heavy atom. The maximum Gasteiger partial charge on any atom is 0.408 e. The van der Waals surface area contributed by atoms with Crippen LogP contribution in [0.5, 0.6) is 11.6 Å². The van der Waals surface area contributed by atoms with Gasteiger partial charge in [-0.05, 0) is 95.7 Å². The fraction of sp³-hybridized carbons (Fsp3) is 0.488. The van der Waals surface area contributed by atoms with Gasteiger partial charge in [-0.25, -0.2) is 18.2 Å². The second kappa shape index (κ2) is 16.0. The third kappa shape index (κ3) is 8.62. The summed E-state index contributed by atoms with van der Waals surface area (Å²) in [6, 6.07) is 12.4. The normalized spacial score (nSPS) is 25.6. The Morgan fingerprint density at radius 2 is 1.77 bits per heavy atom. The average Bonchev–Trinajstić information content (AvgIpc) is 4.11. The number of sulfonamides is 1. The second-order valence-electron chi connectivity index (χ2n) is 17.1. The van der Waals surface area contributed by atoms with Crippen molar-refractivity contribution in [3.8, 4) is 23.0 Å². The number of fused-ring (bicyclic) bond motifs is 5. The molecule has 318 valence electrons. The first-order valence-electron chi connectivity index (χ1n) is 20.5. The van der Waals surface area contributed by atoms with Crippen LogP contribution >= 0.6 is 0 Å². The molecule has 2 aliphatic heterocycles. The highest BCUT2D eigenvalue weighted by atomic mass is 32.2. The quantitative estimate of drug-likeness (QED) is 0.193. The van der Waals surface area contributed by atoms with Crippen LogP contribution in [-0.2, 0) is 29.1 Å². The number of alkyl carbamates (subject to hydrolysis) is 1. The number of aromatic nitrogens is 2. The minimum absolute atomic E-state index is 0.0289. The molecule has 2 aromatic carbocycles. The van der Waals surface area contributed by atoms with Crippen LogP contribution in [0.15, 0.2) is 65.1 Å². The Bertz CT molecular complexity index is 2460. The monoisotopic (exact) mass is 842 g/mol. The van der Waals surface area contributed by atoms with E-state index in [1.54, 1.807) is 40.0 Å². The van der Waals surface area contributed by atoms with Crippen LogP contribution in [-0.4, -0.2) is 95.3 Å². The van der Waals surface area contributed by atoms with Crippen molar-refractivity contribution in [3.05, 3.63) is 60.7 Å². The van der Waals surface area contributed by atoms with Gasteiger partial charge in [0.15, 0.2) is 5.82 Å². The predicted molar refractivity (Wildman–Crippen MR) is 220 cm³/mol. The number of carbonyl (C=O) groups excluding carboxylic acids is 4. The zero-order chi connectivity index (χ0) is 42.4. The fourth-order valence-corrected chi connectivity index (χ4v) is 9.33. The van der Waals surface area contributed by atoms with Gasteiger partial charge < -0.3 is 34.2 Å². The SMILES string of the molecule is COc1ccc(-c2nc(O[C@@H]3C[C@H]4C(=O)N[C@]5(C(=O)NS(=O)(=O)C6CC6)C[C@@H]5/C=C\CCCCC[C@H](NC(=O)OC(C)(C)C)C(=O)N4C3)c3oc4ccccc4c3n2)cc1. The Kier molecular flexibility index (Phi) is 11.0. The van der Waals surface area contributed by atoms with Gasteiger partial charge in [0.25, 0.3) is 11.8 Å². The van der Waals surface area contributed by atoms with Gasteiger partial charge in [0.2, 0.25) is 27.4 Å². The number of amides is 4. The van der Waals surface area contributed by atoms with Crippen LogP contribution in [0.1, 0.15) is 78.6 Å². The van der Waals surface area contributed by atoms with Crippen LogP contribution in [0, 0.1) is 5.92 Å². The molecule has 2 aromatic heterocycles. The minimum Gasteiger partial charge on any atom is -0.497 e. The number of para-hydroxylation sites is 1. The van der Waals surface area contributed by atoms with E-state index in [1.165, 1.54) is 4.90 Å². The van der Waals surface area contributed by atoms with Crippen molar-refractivity contribution in [1.29, 1.82) is 0 Å². The number of nitrogens with zero attached hydrogens (tertiary/aromatic N) is 3. The summed E-state index contributed by atoms with van der Waals surface area (Å²) in [4.78, 5) is 67.3. The van der Waals surface area contributed by atoms with Crippen molar-refractivity contribution in [3.63, 3.8) is 0 Å². The number of carbonyl (C=O) groups is 4. The van der Waals surface area contributed by atoms with E-state index in [2.05, 4.69) is 15.4 Å². The van der Waals surface area contributed by atoms with E-state index < -0.39 is 74.3 Å². The first-order valence-corrected chi connectivity index (χ1v) is 22.0. The van der Waals surface area contributed by atoms with Crippen LogP contribution < -0.4 is 24.8 Å². The molecule has 4 aromatic rings. The molecule has 3 fully saturated rings. The van der Waals surface area contributed by atoms with E-state index in [0.717, 1.165) is 18.2 Å². The first-order chi connectivity index (χ1) is 28.6. The number of benzene rings is 2. The van der Waals surface area contributed by atoms with Gasteiger partial charge in [0.1, 0.15) is 46.2 Å². The molecule has 0 radical (unpaired) electrons. The topological polar surface area (TPSA) is 208 Å². The van der Waals surface area contributed by atoms with Crippen molar-refractivity contribution < 1.29 is 46.2 Å². The van der Waals surface area contributed by atoms with Gasteiger partial charge in [-0.1, -0.05) is 37.1 Å². The summed E-state index contributed by atoms with van der Waals surface area (Å²) in [5, 5.41) is 5.73. The molecule has 60 heavy (non-hydrogen) atoms. The highest BCUT2D eigenvalue weighted by Crippen LogP contribution is 2.46. The van der Waals surface area contributed by atoms with Crippen LogP contribution in [0.4, 0.5) is 4.79 Å². The Hall–Kier alpha value is -5.71. The lowest BCUT2D eigenvalue weighted by Gasteiger charge is -2.30. The summed E-state index contributed by atoms with van der Waals surface area (Å²) in [6.45, 7) is 5.08. The molecule has 0 spiro atoms. The van der Waals surface area contributed by atoms with Gasteiger partial charge in [0, 0.05) is 23.3 Å². The lowest BCUT2D eigenvalue weighted by molar-refractivity contribution is -0.141. The maximum atomic E-state index is 14.7. The number of hydrogen-bond acceptors (Lipinski definition) is 12. The van der Waals surface area contributed by atoms with Crippen molar-refractivity contribution in [2.75, 3.05) is 13.7 Å². The Morgan fingerprint density at radius 1 is 1.00 bits per heavy atom. The molecule has 5 atom stereocenters. The lowest BCUT2D eigenvalue weighted by Crippen LogP contribution is -2.58. The average molecular weight is 843 g/mol. The number of ether oxygens (including phenoxy) is 3. The van der Waals surface area contributed by atoms with Crippen LogP contribution in [0.2, 0.25) is 0 Å². The molecule has 2 aliphatic carbocycles. The van der Waals surface area contributed by atoms with Gasteiger partial charge in [-0.2, -0.15) is 4.98 Å². The predicted octanol–water partition coefficient (Wildman–Crippen LogP) is 5.30. The third-order valence-corrected chi connectivity index (χ3v) is 13.2. The van der Waals surface area contributed by atoms with E-state index in [1.807, 2.05) is 48.6 Å². The maximum absolute atomic E-state index is 14.7. The molecule has 4 aliphatic rings. The second-order valence-corrected chi connectivity index (χ2v) is 19.0. The summed E-state index contributed by atoms with van der Waals surface area (Å²) in [7, 11) is -2.35. The minimum atomic E-state index is -3.93. The molecule has 2 saturated carbocycles. The fourth-order valence-electron chi connectivity index (χ4n) is 7.97. The van der Waals surface area contributed by atoms with Crippen LogP contribution in [0.3, 0.4) is 0 Å². The first kappa shape index (κ1) is 41.0. The Balaban J connectivity index is 1.15. The molecule has 0 bridgehead atoms. The summed E-state index contributed by atoms with van der Waals surface area (Å²) in [5.74, 6) is -1.37. The zero-order valence-corrected chi connectivity index (χ0v) is 34.9. The van der Waals surface area contributed by atoms with E-state index >= 15 is 0 Å². The highest BCUT2D eigenvalue weighted by molar-refractivity contribution is 7.91. The van der Waals surface area contributed by atoms with Crippen molar-refractivity contribution >= 4 is 55.9 Å². The summed E-state index contributed by atoms with van der Waals surface area (Å²) in [6.07, 6.45) is 6.33. The molecule has 1 saturated heterocycles. The van der Waals surface area contributed by atoms with Crippen LogP contribution in [0.25, 0.3) is 33.5 Å². The van der Waals surface area contributed by atoms with Gasteiger partial charge in [-0.3, -0.25) is 19.1 Å². The van der Waals surface area contributed by atoms with Gasteiger partial charge in [-0.15, -0.1) is 0 Å². The Labute approximate surface area is 347 Å². The number of rotatable bonds is 8. The standard InChI is InChI=1S/C43H50N6O10S/c1-42(2,3)59-41(53)44-31-14-9-7-5-6-8-12-26-23-43(26,40(52)48-60(54,55)29-20-21-29)47-37(50)32-22-28(24-49(32)39(31)51)57-38-35-34(30-13-10-11-15-33(30)58-35)45-36(46-38)25-16-18-27(56-4)19-17-25/h8,10-13,15-19,26,28-29,31-32H,5-7,9,14,20-24H2,1-4H3,(H,44,53)(H,47,50)(H,48,52)/b12-8-/t26-,28+,31-,32-,43+/m0/s1. The van der Waals surface area contributed by atoms with Gasteiger partial charge in [0.05, 0.1) is 18.9 Å². The zero-order valence-electron chi connectivity index (χ0n) is 34.1. The van der Waals surface area contributed by atoms with E-state index in [4.69, 9.17) is 28.6 Å². The van der Waals surface area contributed by atoms with Gasteiger partial charge >= 0.3 is 6.09 Å². The van der Waals surface area contributed by atoms with Crippen molar-refractivity contribution in [2.24, 2.45) is 5.92 Å². The molecule has 3 N–H and O–H groups in total. The number of furan rings is 1. The molecule has 4 amide bonds. The molecule has 17 heteroatoms. The van der Waals surface area contributed by atoms with E-state index in [-0.39, 0.29) is 37.3 Å². The molecule has 0 unspecified atom stereocenters. The number of allylic oxidation sites excluding steroid dienone is 1. The molecule has 16 nitrogen and oxygen atoms in total. The molecular formula is C43H50N6O10S. The van der Waals surface area contributed by atoms with E-state index in [9.17, 15) is 27.6 Å².